The Morgan fingerprint density at radius 2 is 1.58 bits per heavy atom. The van der Waals surface area contributed by atoms with Crippen molar-refractivity contribution in [2.45, 2.75) is 110 Å². The number of likely N-dealkylation sites (N-methyl/N-ethyl adjacent to an activating group) is 1. The second-order valence-electron chi connectivity index (χ2n) is 21.2. The zero-order chi connectivity index (χ0) is 58.4. The zero-order valence-electron chi connectivity index (χ0n) is 45.9. The number of thiazole rings is 1. The van der Waals surface area contributed by atoms with Gasteiger partial charge >= 0.3 is 6.18 Å². The number of aromatic amines is 1. The molecule has 2 fully saturated rings. The number of unbranched alkanes of at least 4 members (excludes halogenated alkanes) is 1. The number of aliphatic hydroxyl groups excluding tert-OH is 1. The number of H-pyrrole nitrogens is 1. The van der Waals surface area contributed by atoms with Crippen LogP contribution in [0.15, 0.2) is 93.8 Å². The van der Waals surface area contributed by atoms with Crippen molar-refractivity contribution < 1.29 is 51.2 Å². The number of pyridine rings is 1. The smallest absolute Gasteiger partial charge is 0.391 e. The van der Waals surface area contributed by atoms with Gasteiger partial charge < -0.3 is 45.7 Å². The topological polar surface area (TPSA) is 235 Å². The number of piperazine rings is 1. The lowest BCUT2D eigenvalue weighted by Crippen LogP contribution is -2.55. The molecular formula is C58H66F4N10O8S. The Hall–Kier alpha value is -7.76. The molecular weight excluding hydrogens is 1070 g/mol. The van der Waals surface area contributed by atoms with Crippen LogP contribution in [0, 0.1) is 25.6 Å². The number of likely N-dealkylation sites (tertiary alicyclic amines) is 1. The van der Waals surface area contributed by atoms with Crippen LogP contribution in [0.1, 0.15) is 114 Å². The minimum absolute atomic E-state index is 0.00729. The summed E-state index contributed by atoms with van der Waals surface area (Å²) in [6.45, 7) is 12.7. The molecule has 0 bridgehead atoms. The standard InChI is InChI=1S/C58H66F4N10O8S/c1-31(2)52(49-20-32(3)69-80-49)57(79)72-29-40(73)23-48(72)56(78)67-45(36-10-12-37(13-11-36)53-35(6)66-30-81-53)25-51(75)63-18-8-9-19-64-54(76)39-14-16-44(59)41(21-39)38-15-17-47(71-27-33(4)70(7)34(5)28-71)46(22-38)68-55(77)42-26-65-50(74)24-43(42)58(60,61)62/h10-17,20-22,24,26,30-31,33-34,40,45,48,52,73H,8-9,18-19,23,25,27-29H2,1-7H3,(H,63,75)(H,64,76)(H,65,74)(H,67,78)(H,68,77)/t33-,34+,40-,45+,48+,52-/m1/s1. The number of rotatable bonds is 19. The van der Waals surface area contributed by atoms with Gasteiger partial charge in [-0.1, -0.05) is 49.3 Å². The van der Waals surface area contributed by atoms with E-state index in [1.165, 1.54) is 34.4 Å². The molecule has 430 valence electrons. The van der Waals surface area contributed by atoms with Crippen molar-refractivity contribution in [1.82, 2.24) is 40.9 Å². The predicted molar refractivity (Wildman–Crippen MR) is 298 cm³/mol. The molecule has 0 unspecified atom stereocenters. The Morgan fingerprint density at radius 1 is 0.889 bits per heavy atom. The first kappa shape index (κ1) is 59.4. The van der Waals surface area contributed by atoms with Gasteiger partial charge in [0.15, 0.2) is 0 Å². The maximum absolute atomic E-state index is 15.7. The molecule has 3 aromatic heterocycles. The van der Waals surface area contributed by atoms with Gasteiger partial charge in [-0.25, -0.2) is 9.37 Å². The van der Waals surface area contributed by atoms with Crippen LogP contribution in [0.3, 0.4) is 0 Å². The first-order valence-corrected chi connectivity index (χ1v) is 27.6. The van der Waals surface area contributed by atoms with E-state index in [9.17, 15) is 47.0 Å². The van der Waals surface area contributed by atoms with E-state index in [1.54, 1.807) is 30.6 Å². The zero-order valence-corrected chi connectivity index (χ0v) is 46.8. The summed E-state index contributed by atoms with van der Waals surface area (Å²) in [4.78, 5) is 94.0. The van der Waals surface area contributed by atoms with E-state index < -0.39 is 70.5 Å². The monoisotopic (exact) mass is 1140 g/mol. The maximum Gasteiger partial charge on any atom is 0.417 e. The summed E-state index contributed by atoms with van der Waals surface area (Å²) in [7, 11) is 1.98. The van der Waals surface area contributed by atoms with E-state index in [-0.39, 0.29) is 84.7 Å². The SMILES string of the molecule is Cc1cc([C@H](C(=O)N2C[C@H](O)C[C@H]2C(=O)N[C@@H](CC(=O)NCCCCNC(=O)c2ccc(F)c(-c3ccc(N4C[C@@H](C)N(C)[C@@H](C)C4)c(NC(=O)c4c[nH]c(=O)cc4C(F)(F)F)c3)c2)c2ccc(-c3scnc3C)cc2)C(C)C)on1. The molecule has 2 aliphatic heterocycles. The Labute approximate surface area is 469 Å². The summed E-state index contributed by atoms with van der Waals surface area (Å²) < 4.78 is 63.4. The maximum atomic E-state index is 15.7. The van der Waals surface area contributed by atoms with Crippen LogP contribution >= 0.6 is 11.3 Å². The Morgan fingerprint density at radius 3 is 2.22 bits per heavy atom. The highest BCUT2D eigenvalue weighted by Gasteiger charge is 2.44. The van der Waals surface area contributed by atoms with Gasteiger partial charge in [-0.05, 0) is 101 Å². The van der Waals surface area contributed by atoms with Crippen molar-refractivity contribution in [2.75, 3.05) is 50.0 Å². The van der Waals surface area contributed by atoms with E-state index in [2.05, 4.69) is 41.3 Å². The Kier molecular flexibility index (Phi) is 18.6. The number of anilines is 2. The molecule has 5 heterocycles. The van der Waals surface area contributed by atoms with Crippen molar-refractivity contribution in [3.05, 3.63) is 140 Å². The van der Waals surface area contributed by atoms with E-state index in [4.69, 9.17) is 4.52 Å². The summed E-state index contributed by atoms with van der Waals surface area (Å²) in [5.74, 6) is -4.30. The molecule has 81 heavy (non-hydrogen) atoms. The lowest BCUT2D eigenvalue weighted by molar-refractivity contribution is -0.141. The van der Waals surface area contributed by atoms with E-state index in [1.807, 2.05) is 70.8 Å². The van der Waals surface area contributed by atoms with E-state index in [0.717, 1.165) is 22.2 Å². The number of β-amino-alcohol motifs (C(OH)–C–C–N with tert-alkyl or cyclic N) is 1. The fraction of sp³-hybridized carbons (Fsp3) is 0.414. The quantitative estimate of drug-likeness (QED) is 0.0335. The second-order valence-corrected chi connectivity index (χ2v) is 22.1. The van der Waals surface area contributed by atoms with Crippen LogP contribution in [-0.2, 0) is 20.6 Å². The largest absolute Gasteiger partial charge is 0.417 e. The van der Waals surface area contributed by atoms with Crippen molar-refractivity contribution in [1.29, 1.82) is 0 Å². The number of nitrogens with one attached hydrogen (secondary N) is 5. The molecule has 8 rings (SSSR count). The molecule has 0 saturated carbocycles. The van der Waals surface area contributed by atoms with Crippen molar-refractivity contribution in [3.8, 4) is 21.6 Å². The number of aromatic nitrogens is 3. The lowest BCUT2D eigenvalue weighted by Gasteiger charge is -2.44. The molecule has 2 aliphatic rings. The number of carbonyl (C=O) groups is 5. The van der Waals surface area contributed by atoms with Crippen LogP contribution in [0.2, 0.25) is 0 Å². The van der Waals surface area contributed by atoms with Crippen LogP contribution in [0.5, 0.6) is 0 Å². The van der Waals surface area contributed by atoms with Gasteiger partial charge in [0.2, 0.25) is 23.3 Å². The third-order valence-electron chi connectivity index (χ3n) is 14.9. The number of carbonyl (C=O) groups excluding carboxylic acids is 5. The average Bonchev–Trinajstić information content (AvgIpc) is 4.24. The van der Waals surface area contributed by atoms with Crippen molar-refractivity contribution in [3.63, 3.8) is 0 Å². The number of hydrogen-bond donors (Lipinski definition) is 6. The first-order valence-electron chi connectivity index (χ1n) is 26.8. The fourth-order valence-corrected chi connectivity index (χ4v) is 11.2. The highest BCUT2D eigenvalue weighted by molar-refractivity contribution is 7.13. The number of aliphatic hydroxyl groups is 1. The number of halogens is 4. The van der Waals surface area contributed by atoms with E-state index >= 15 is 4.39 Å². The molecule has 23 heteroatoms. The summed E-state index contributed by atoms with van der Waals surface area (Å²) >= 11 is 1.49. The highest BCUT2D eigenvalue weighted by Crippen LogP contribution is 2.38. The minimum atomic E-state index is -5.02. The van der Waals surface area contributed by atoms with Crippen LogP contribution in [-0.4, -0.2) is 124 Å². The van der Waals surface area contributed by atoms with Gasteiger partial charge in [-0.2, -0.15) is 13.2 Å². The summed E-state index contributed by atoms with van der Waals surface area (Å²) in [6, 6.07) is 16.1. The third-order valence-corrected chi connectivity index (χ3v) is 15.9. The first-order chi connectivity index (χ1) is 38.5. The molecule has 0 spiro atoms. The average molecular weight is 1140 g/mol. The fourth-order valence-electron chi connectivity index (χ4n) is 10.4. The Bertz CT molecular complexity index is 3320. The van der Waals surface area contributed by atoms with Crippen LogP contribution in [0.4, 0.5) is 28.9 Å². The second kappa shape index (κ2) is 25.4. The summed E-state index contributed by atoms with van der Waals surface area (Å²) in [5.41, 5.74) is 2.33. The third kappa shape index (κ3) is 14.1. The van der Waals surface area contributed by atoms with Crippen LogP contribution < -0.4 is 31.7 Å². The van der Waals surface area contributed by atoms with Crippen molar-refractivity contribution >= 4 is 52.2 Å². The predicted octanol–water partition coefficient (Wildman–Crippen LogP) is 7.98. The van der Waals surface area contributed by atoms with Gasteiger partial charge in [0, 0.05) is 80.7 Å². The van der Waals surface area contributed by atoms with E-state index in [0.29, 0.717) is 60.9 Å². The molecule has 6 N–H and O–H groups in total. The number of benzene rings is 3. The number of aryl methyl sites for hydroxylation is 2. The van der Waals surface area contributed by atoms with Gasteiger partial charge in [0.05, 0.1) is 62.8 Å². The van der Waals surface area contributed by atoms with Gasteiger partial charge in [-0.15, -0.1) is 11.3 Å². The molecule has 18 nitrogen and oxygen atoms in total. The summed E-state index contributed by atoms with van der Waals surface area (Å²) in [6.07, 6.45) is -4.59. The number of hydrogen-bond acceptors (Lipinski definition) is 13. The number of alkyl halides is 3. The lowest BCUT2D eigenvalue weighted by atomic mass is 9.91. The molecule has 2 saturated heterocycles. The minimum Gasteiger partial charge on any atom is -0.391 e. The molecule has 3 aromatic carbocycles. The van der Waals surface area contributed by atoms with Gasteiger partial charge in [0.1, 0.15) is 23.5 Å². The summed E-state index contributed by atoms with van der Waals surface area (Å²) in [5, 5.41) is 26.1. The molecule has 6 aromatic rings. The highest BCUT2D eigenvalue weighted by atomic mass is 32.1. The molecule has 5 amide bonds. The van der Waals surface area contributed by atoms with Crippen LogP contribution in [0.25, 0.3) is 21.6 Å². The normalized spacial score (nSPS) is 18.4. The molecule has 0 aliphatic carbocycles. The van der Waals surface area contributed by atoms with Gasteiger partial charge in [0.25, 0.3) is 11.8 Å². The molecule has 0 radical (unpaired) electrons. The van der Waals surface area contributed by atoms with Gasteiger partial charge in [-0.3, -0.25) is 33.7 Å². The van der Waals surface area contributed by atoms with Crippen molar-refractivity contribution in [2.24, 2.45) is 5.92 Å². The number of amides is 5. The molecule has 6 atom stereocenters. The number of nitrogens with zero attached hydrogens (tertiary/aromatic N) is 5. The Balaban J connectivity index is 0.909.